The van der Waals surface area contributed by atoms with Crippen LogP contribution >= 0.6 is 11.6 Å². The molecule has 0 unspecified atom stereocenters. The molecule has 2 heteroatoms. The molecule has 0 aromatic heterocycles. The first-order valence-electron chi connectivity index (χ1n) is 6.82. The summed E-state index contributed by atoms with van der Waals surface area (Å²) >= 11 is 6.20. The quantitative estimate of drug-likeness (QED) is 0.578. The monoisotopic (exact) mass is 296 g/mol. The number of halogens is 2. The molecular formula is C19H14ClF. The third-order valence-corrected chi connectivity index (χ3v) is 3.80. The third-order valence-electron chi connectivity index (χ3n) is 3.49. The molecule has 0 fully saturated rings. The lowest BCUT2D eigenvalue weighted by Crippen LogP contribution is -1.94. The summed E-state index contributed by atoms with van der Waals surface area (Å²) in [4.78, 5) is 0. The van der Waals surface area contributed by atoms with Crippen molar-refractivity contribution in [2.45, 2.75) is 6.42 Å². The molecule has 0 aliphatic rings. The van der Waals surface area contributed by atoms with Crippen molar-refractivity contribution < 1.29 is 4.39 Å². The van der Waals surface area contributed by atoms with Crippen molar-refractivity contribution in [3.05, 3.63) is 94.8 Å². The minimum atomic E-state index is -0.289. The maximum Gasteiger partial charge on any atom is 0.132 e. The van der Waals surface area contributed by atoms with Gasteiger partial charge >= 0.3 is 0 Å². The zero-order valence-electron chi connectivity index (χ0n) is 11.4. The smallest absolute Gasteiger partial charge is 0.132 e. The Morgan fingerprint density at radius 1 is 0.762 bits per heavy atom. The molecule has 0 aliphatic heterocycles. The van der Waals surface area contributed by atoms with Gasteiger partial charge in [-0.15, -0.1) is 0 Å². The van der Waals surface area contributed by atoms with Gasteiger partial charge in [-0.25, -0.2) is 4.39 Å². The number of hydrogen-bond acceptors (Lipinski definition) is 0. The lowest BCUT2D eigenvalue weighted by atomic mass is 9.94. The van der Waals surface area contributed by atoms with E-state index in [4.69, 9.17) is 11.6 Å². The molecule has 0 N–H and O–H groups in total. The molecule has 3 rings (SSSR count). The van der Waals surface area contributed by atoms with Gasteiger partial charge in [0.05, 0.1) is 5.02 Å². The molecule has 0 saturated heterocycles. The van der Waals surface area contributed by atoms with E-state index in [1.54, 1.807) is 12.1 Å². The summed E-state index contributed by atoms with van der Waals surface area (Å²) in [5.41, 5.74) is 3.59. The van der Waals surface area contributed by atoms with Crippen LogP contribution in [0, 0.1) is 5.82 Å². The van der Waals surface area contributed by atoms with E-state index in [9.17, 15) is 4.39 Å². The first kappa shape index (κ1) is 13.8. The van der Waals surface area contributed by atoms with Gasteiger partial charge in [-0.2, -0.15) is 0 Å². The molecule has 0 saturated carbocycles. The van der Waals surface area contributed by atoms with Crippen molar-refractivity contribution >= 4 is 11.6 Å². The fourth-order valence-corrected chi connectivity index (χ4v) is 2.75. The summed E-state index contributed by atoms with van der Waals surface area (Å²) in [5, 5.41) is 0.440. The van der Waals surface area contributed by atoms with E-state index in [0.29, 0.717) is 10.6 Å². The van der Waals surface area contributed by atoms with Gasteiger partial charge in [0.2, 0.25) is 0 Å². The van der Waals surface area contributed by atoms with Crippen LogP contribution in [0.4, 0.5) is 4.39 Å². The van der Waals surface area contributed by atoms with Crippen molar-refractivity contribution in [2.24, 2.45) is 0 Å². The molecule has 0 nitrogen and oxygen atoms in total. The molecular weight excluding hydrogens is 283 g/mol. The number of benzene rings is 3. The van der Waals surface area contributed by atoms with Gasteiger partial charge in [-0.05, 0) is 35.2 Å². The van der Waals surface area contributed by atoms with Crippen LogP contribution in [0.2, 0.25) is 5.02 Å². The molecule has 0 radical (unpaired) electrons. The third kappa shape index (κ3) is 2.98. The number of rotatable bonds is 3. The van der Waals surface area contributed by atoms with Crippen LogP contribution < -0.4 is 0 Å². The summed E-state index contributed by atoms with van der Waals surface area (Å²) < 4.78 is 14.2. The van der Waals surface area contributed by atoms with Crippen molar-refractivity contribution in [2.75, 3.05) is 0 Å². The highest BCUT2D eigenvalue weighted by Crippen LogP contribution is 2.33. The van der Waals surface area contributed by atoms with Gasteiger partial charge in [0.1, 0.15) is 5.82 Å². The molecule has 0 aliphatic carbocycles. The minimum Gasteiger partial charge on any atom is -0.206 e. The van der Waals surface area contributed by atoms with E-state index < -0.39 is 0 Å². The Balaban J connectivity index is 2.08. The maximum absolute atomic E-state index is 14.2. The largest absolute Gasteiger partial charge is 0.206 e. The SMILES string of the molecule is Fc1cccc(Cl)c1-c1ccccc1Cc1ccccc1. The fraction of sp³-hybridized carbons (Fsp3) is 0.0526. The van der Waals surface area contributed by atoms with Gasteiger partial charge < -0.3 is 0 Å². The zero-order valence-corrected chi connectivity index (χ0v) is 12.1. The van der Waals surface area contributed by atoms with Crippen LogP contribution in [0.25, 0.3) is 11.1 Å². The fourth-order valence-electron chi connectivity index (χ4n) is 2.49. The maximum atomic E-state index is 14.2. The second kappa shape index (κ2) is 6.11. The van der Waals surface area contributed by atoms with Gasteiger partial charge in [0.15, 0.2) is 0 Å². The number of hydrogen-bond donors (Lipinski definition) is 0. The Labute approximate surface area is 128 Å². The Kier molecular flexibility index (Phi) is 4.03. The second-order valence-electron chi connectivity index (χ2n) is 4.92. The molecule has 0 heterocycles. The van der Waals surface area contributed by atoms with Crippen molar-refractivity contribution in [1.29, 1.82) is 0 Å². The normalized spacial score (nSPS) is 10.6. The van der Waals surface area contributed by atoms with Crippen LogP contribution in [0.1, 0.15) is 11.1 Å². The van der Waals surface area contributed by atoms with E-state index in [0.717, 1.165) is 17.5 Å². The lowest BCUT2D eigenvalue weighted by Gasteiger charge is -2.12. The molecule has 3 aromatic rings. The predicted octanol–water partition coefficient (Wildman–Crippen LogP) is 5.74. The van der Waals surface area contributed by atoms with E-state index in [1.807, 2.05) is 42.5 Å². The predicted molar refractivity (Wildman–Crippen MR) is 86.1 cm³/mol. The van der Waals surface area contributed by atoms with Gasteiger partial charge in [0, 0.05) is 5.56 Å². The highest BCUT2D eigenvalue weighted by Gasteiger charge is 2.13. The van der Waals surface area contributed by atoms with E-state index in [-0.39, 0.29) is 5.82 Å². The van der Waals surface area contributed by atoms with Crippen LogP contribution in [0.5, 0.6) is 0 Å². The summed E-state index contributed by atoms with van der Waals surface area (Å²) in [7, 11) is 0. The van der Waals surface area contributed by atoms with Crippen LogP contribution in [-0.2, 0) is 6.42 Å². The summed E-state index contributed by atoms with van der Waals surface area (Å²) in [6.45, 7) is 0. The highest BCUT2D eigenvalue weighted by atomic mass is 35.5. The van der Waals surface area contributed by atoms with E-state index in [2.05, 4.69) is 12.1 Å². The molecule has 0 atom stereocenters. The molecule has 104 valence electrons. The second-order valence-corrected chi connectivity index (χ2v) is 5.32. The summed E-state index contributed by atoms with van der Waals surface area (Å²) in [5.74, 6) is -0.289. The standard InChI is InChI=1S/C19H14ClF/c20-17-11-6-12-18(21)19(17)16-10-5-4-9-15(16)13-14-7-2-1-3-8-14/h1-12H,13H2. The van der Waals surface area contributed by atoms with E-state index in [1.165, 1.54) is 11.6 Å². The van der Waals surface area contributed by atoms with Crippen molar-refractivity contribution in [3.63, 3.8) is 0 Å². The molecule has 0 amide bonds. The lowest BCUT2D eigenvalue weighted by molar-refractivity contribution is 0.631. The van der Waals surface area contributed by atoms with Crippen molar-refractivity contribution in [1.82, 2.24) is 0 Å². The molecule has 3 aromatic carbocycles. The average molecular weight is 297 g/mol. The Bertz CT molecular complexity index is 730. The first-order valence-corrected chi connectivity index (χ1v) is 7.20. The first-order chi connectivity index (χ1) is 10.3. The Morgan fingerprint density at radius 2 is 1.48 bits per heavy atom. The van der Waals surface area contributed by atoms with E-state index >= 15 is 0 Å². The minimum absolute atomic E-state index is 0.289. The van der Waals surface area contributed by atoms with Crippen molar-refractivity contribution in [3.8, 4) is 11.1 Å². The molecule has 21 heavy (non-hydrogen) atoms. The topological polar surface area (TPSA) is 0 Å². The van der Waals surface area contributed by atoms with Crippen LogP contribution in [0.15, 0.2) is 72.8 Å². The molecule has 0 spiro atoms. The van der Waals surface area contributed by atoms with Gasteiger partial charge in [-0.3, -0.25) is 0 Å². The highest BCUT2D eigenvalue weighted by molar-refractivity contribution is 6.33. The summed E-state index contributed by atoms with van der Waals surface area (Å²) in [6.07, 6.45) is 0.752. The molecule has 0 bridgehead atoms. The van der Waals surface area contributed by atoms with Crippen LogP contribution in [-0.4, -0.2) is 0 Å². The Hall–Kier alpha value is -2.12. The van der Waals surface area contributed by atoms with Crippen LogP contribution in [0.3, 0.4) is 0 Å². The van der Waals surface area contributed by atoms with Gasteiger partial charge in [-0.1, -0.05) is 72.3 Å². The summed E-state index contributed by atoms with van der Waals surface area (Å²) in [6, 6.07) is 22.8. The average Bonchev–Trinajstić information content (AvgIpc) is 2.50. The van der Waals surface area contributed by atoms with Gasteiger partial charge in [0.25, 0.3) is 0 Å². The zero-order chi connectivity index (χ0) is 14.7. The Morgan fingerprint density at radius 3 is 2.24 bits per heavy atom.